The molecule has 0 aliphatic rings. The minimum absolute atomic E-state index is 0.0697. The van der Waals surface area contributed by atoms with Crippen molar-refractivity contribution >= 4 is 0 Å². The maximum atomic E-state index is 6.21. The molecule has 2 N–H and O–H groups in total. The molecule has 0 aromatic heterocycles. The van der Waals surface area contributed by atoms with Crippen LogP contribution in [0.4, 0.5) is 0 Å². The van der Waals surface area contributed by atoms with Crippen LogP contribution < -0.4 is 19.9 Å². The fourth-order valence-corrected chi connectivity index (χ4v) is 1.98. The summed E-state index contributed by atoms with van der Waals surface area (Å²) in [5.74, 6) is 2.58. The van der Waals surface area contributed by atoms with Crippen LogP contribution in [-0.4, -0.2) is 21.3 Å². The number of ether oxygens (including phenoxy) is 3. The van der Waals surface area contributed by atoms with Crippen LogP contribution in [0.3, 0.4) is 0 Å². The Balaban J connectivity index is 3.16. The van der Waals surface area contributed by atoms with Crippen molar-refractivity contribution in [2.75, 3.05) is 21.3 Å². The summed E-state index contributed by atoms with van der Waals surface area (Å²) in [6.45, 7) is 4.29. The molecule has 0 saturated carbocycles. The summed E-state index contributed by atoms with van der Waals surface area (Å²) in [7, 11) is 4.85. The predicted molar refractivity (Wildman–Crippen MR) is 72.5 cm³/mol. The third-order valence-corrected chi connectivity index (χ3v) is 2.86. The Bertz CT molecular complexity index is 391. The average Bonchev–Trinajstić information content (AvgIpc) is 2.36. The molecule has 1 aromatic carbocycles. The molecular weight excluding hydrogens is 230 g/mol. The molecular formula is C14H23NO3. The number of benzene rings is 1. The van der Waals surface area contributed by atoms with E-state index in [9.17, 15) is 0 Å². The van der Waals surface area contributed by atoms with E-state index in [1.54, 1.807) is 21.3 Å². The highest BCUT2D eigenvalue weighted by molar-refractivity contribution is 5.51. The first-order valence-corrected chi connectivity index (χ1v) is 6.09. The van der Waals surface area contributed by atoms with Gasteiger partial charge in [-0.05, 0) is 18.4 Å². The summed E-state index contributed by atoms with van der Waals surface area (Å²) >= 11 is 0. The van der Waals surface area contributed by atoms with Crippen molar-refractivity contribution in [1.82, 2.24) is 0 Å². The lowest BCUT2D eigenvalue weighted by Crippen LogP contribution is -2.14. The molecule has 0 aliphatic carbocycles. The number of nitrogens with two attached hydrogens (primary N) is 1. The van der Waals surface area contributed by atoms with Gasteiger partial charge in [-0.15, -0.1) is 0 Å². The first-order valence-electron chi connectivity index (χ1n) is 6.09. The number of methoxy groups -OCH3 is 3. The van der Waals surface area contributed by atoms with Crippen LogP contribution in [0.15, 0.2) is 12.1 Å². The van der Waals surface area contributed by atoms with Gasteiger partial charge in [-0.1, -0.05) is 13.8 Å². The Morgan fingerprint density at radius 2 is 1.44 bits per heavy atom. The average molecular weight is 253 g/mol. The quantitative estimate of drug-likeness (QED) is 0.847. The van der Waals surface area contributed by atoms with Gasteiger partial charge in [-0.3, -0.25) is 0 Å². The zero-order chi connectivity index (χ0) is 13.7. The van der Waals surface area contributed by atoms with E-state index in [1.807, 2.05) is 12.1 Å². The Labute approximate surface area is 109 Å². The van der Waals surface area contributed by atoms with Crippen LogP contribution in [0, 0.1) is 5.92 Å². The van der Waals surface area contributed by atoms with Crippen molar-refractivity contribution < 1.29 is 14.2 Å². The maximum absolute atomic E-state index is 6.21. The molecule has 1 atom stereocenters. The van der Waals surface area contributed by atoms with E-state index in [-0.39, 0.29) is 6.04 Å². The van der Waals surface area contributed by atoms with Crippen molar-refractivity contribution in [1.29, 1.82) is 0 Å². The molecule has 0 heterocycles. The van der Waals surface area contributed by atoms with Crippen LogP contribution in [0.25, 0.3) is 0 Å². The Kier molecular flexibility index (Phi) is 5.28. The van der Waals surface area contributed by atoms with Gasteiger partial charge in [0, 0.05) is 17.7 Å². The molecule has 0 bridgehead atoms. The standard InChI is InChI=1S/C14H23NO3/c1-9(2)6-11(15)10-7-13(17-4)14(18-5)8-12(10)16-3/h7-9,11H,6,15H2,1-5H3/t11-/m0/s1. The third-order valence-electron chi connectivity index (χ3n) is 2.86. The molecule has 4 nitrogen and oxygen atoms in total. The summed E-state index contributed by atoms with van der Waals surface area (Å²) in [5.41, 5.74) is 7.16. The van der Waals surface area contributed by atoms with Crippen LogP contribution >= 0.6 is 0 Å². The van der Waals surface area contributed by atoms with Crippen LogP contribution in [0.5, 0.6) is 17.2 Å². The molecule has 18 heavy (non-hydrogen) atoms. The lowest BCUT2D eigenvalue weighted by atomic mass is 9.96. The van der Waals surface area contributed by atoms with Gasteiger partial charge in [0.2, 0.25) is 0 Å². The number of rotatable bonds is 6. The van der Waals surface area contributed by atoms with Gasteiger partial charge >= 0.3 is 0 Å². The summed E-state index contributed by atoms with van der Waals surface area (Å²) in [6.07, 6.45) is 0.895. The van der Waals surface area contributed by atoms with E-state index in [0.29, 0.717) is 17.4 Å². The highest BCUT2D eigenvalue weighted by Crippen LogP contribution is 2.38. The van der Waals surface area contributed by atoms with Crippen molar-refractivity contribution in [3.8, 4) is 17.2 Å². The second kappa shape index (κ2) is 6.50. The zero-order valence-electron chi connectivity index (χ0n) is 11.8. The molecule has 0 radical (unpaired) electrons. The predicted octanol–water partition coefficient (Wildman–Crippen LogP) is 2.76. The van der Waals surface area contributed by atoms with Crippen LogP contribution in [0.2, 0.25) is 0 Å². The van der Waals surface area contributed by atoms with Crippen molar-refractivity contribution in [3.63, 3.8) is 0 Å². The monoisotopic (exact) mass is 253 g/mol. The van der Waals surface area contributed by atoms with Gasteiger partial charge < -0.3 is 19.9 Å². The van der Waals surface area contributed by atoms with Gasteiger partial charge in [0.15, 0.2) is 11.5 Å². The molecule has 1 rings (SSSR count). The summed E-state index contributed by atoms with van der Waals surface area (Å²) in [5, 5.41) is 0. The molecule has 0 unspecified atom stereocenters. The van der Waals surface area contributed by atoms with Gasteiger partial charge in [0.25, 0.3) is 0 Å². The fraction of sp³-hybridized carbons (Fsp3) is 0.571. The van der Waals surface area contributed by atoms with Gasteiger partial charge in [0.05, 0.1) is 21.3 Å². The van der Waals surface area contributed by atoms with Gasteiger partial charge in [0.1, 0.15) is 5.75 Å². The minimum atomic E-state index is -0.0697. The summed E-state index contributed by atoms with van der Waals surface area (Å²) in [6, 6.07) is 3.64. The Morgan fingerprint density at radius 3 is 1.89 bits per heavy atom. The summed E-state index contributed by atoms with van der Waals surface area (Å²) in [4.78, 5) is 0. The summed E-state index contributed by atoms with van der Waals surface area (Å²) < 4.78 is 15.9. The Morgan fingerprint density at radius 1 is 0.944 bits per heavy atom. The molecule has 102 valence electrons. The van der Waals surface area contributed by atoms with E-state index < -0.39 is 0 Å². The number of hydrogen-bond acceptors (Lipinski definition) is 4. The Hall–Kier alpha value is -1.42. The largest absolute Gasteiger partial charge is 0.496 e. The lowest BCUT2D eigenvalue weighted by molar-refractivity contribution is 0.345. The second-order valence-corrected chi connectivity index (χ2v) is 4.69. The zero-order valence-corrected chi connectivity index (χ0v) is 11.8. The molecule has 0 fully saturated rings. The maximum Gasteiger partial charge on any atom is 0.164 e. The molecule has 0 spiro atoms. The smallest absolute Gasteiger partial charge is 0.164 e. The second-order valence-electron chi connectivity index (χ2n) is 4.69. The van der Waals surface area contributed by atoms with Crippen LogP contribution in [0.1, 0.15) is 31.9 Å². The van der Waals surface area contributed by atoms with Crippen molar-refractivity contribution in [3.05, 3.63) is 17.7 Å². The van der Waals surface area contributed by atoms with E-state index >= 15 is 0 Å². The molecule has 0 aliphatic heterocycles. The van der Waals surface area contributed by atoms with E-state index in [2.05, 4.69) is 13.8 Å². The third kappa shape index (κ3) is 3.29. The molecule has 0 amide bonds. The van der Waals surface area contributed by atoms with Crippen molar-refractivity contribution in [2.24, 2.45) is 11.7 Å². The lowest BCUT2D eigenvalue weighted by Gasteiger charge is -2.19. The first kappa shape index (κ1) is 14.6. The topological polar surface area (TPSA) is 53.7 Å². The van der Waals surface area contributed by atoms with E-state index in [4.69, 9.17) is 19.9 Å². The molecule has 1 aromatic rings. The highest BCUT2D eigenvalue weighted by atomic mass is 16.5. The van der Waals surface area contributed by atoms with Gasteiger partial charge in [-0.2, -0.15) is 0 Å². The first-order chi connectivity index (χ1) is 8.53. The van der Waals surface area contributed by atoms with E-state index in [1.165, 1.54) is 0 Å². The van der Waals surface area contributed by atoms with Crippen molar-refractivity contribution in [2.45, 2.75) is 26.3 Å². The molecule has 0 saturated heterocycles. The van der Waals surface area contributed by atoms with E-state index in [0.717, 1.165) is 17.7 Å². The number of hydrogen-bond donors (Lipinski definition) is 1. The normalized spacial score (nSPS) is 12.4. The SMILES string of the molecule is COc1cc(OC)c([C@@H](N)CC(C)C)cc1OC. The fourth-order valence-electron chi connectivity index (χ4n) is 1.98. The van der Waals surface area contributed by atoms with Crippen LogP contribution in [-0.2, 0) is 0 Å². The minimum Gasteiger partial charge on any atom is -0.496 e. The van der Waals surface area contributed by atoms with Gasteiger partial charge in [-0.25, -0.2) is 0 Å². The highest BCUT2D eigenvalue weighted by Gasteiger charge is 2.17. The molecule has 4 heteroatoms.